The highest BCUT2D eigenvalue weighted by Gasteiger charge is 2.37. The van der Waals surface area contributed by atoms with E-state index in [2.05, 4.69) is 10.2 Å². The van der Waals surface area contributed by atoms with E-state index in [1.165, 1.54) is 0 Å². The fraction of sp³-hybridized carbons (Fsp3) is 0.556. The van der Waals surface area contributed by atoms with Crippen molar-refractivity contribution in [3.8, 4) is 0 Å². The largest absolute Gasteiger partial charge is 0.419 e. The maximum atomic E-state index is 12.0. The van der Waals surface area contributed by atoms with Crippen LogP contribution in [-0.2, 0) is 16.1 Å². The van der Waals surface area contributed by atoms with Crippen molar-refractivity contribution in [2.45, 2.75) is 31.4 Å². The molecular weight excluding hydrogens is 322 g/mol. The highest BCUT2D eigenvalue weighted by atomic mass is 16.5. The summed E-state index contributed by atoms with van der Waals surface area (Å²) >= 11 is 0. The average Bonchev–Trinajstić information content (AvgIpc) is 2.83. The quantitative estimate of drug-likeness (QED) is 0.897. The third-order valence-corrected chi connectivity index (χ3v) is 5.33. The number of carbonyl (C=O) groups is 1. The van der Waals surface area contributed by atoms with Crippen molar-refractivity contribution in [3.05, 3.63) is 34.8 Å². The molecule has 2 saturated heterocycles. The van der Waals surface area contributed by atoms with Gasteiger partial charge in [0.1, 0.15) is 0 Å². The summed E-state index contributed by atoms with van der Waals surface area (Å²) in [6, 6.07) is 7.50. The van der Waals surface area contributed by atoms with Gasteiger partial charge in [-0.1, -0.05) is 12.1 Å². The molecule has 1 spiro atoms. The molecule has 0 radical (unpaired) electrons. The molecule has 2 aliphatic rings. The molecule has 0 unspecified atom stereocenters. The molecule has 0 aliphatic carbocycles. The number of hydrogen-bond acceptors (Lipinski definition) is 5. The first kappa shape index (κ1) is 16.4. The zero-order valence-electron chi connectivity index (χ0n) is 14.2. The average molecular weight is 345 g/mol. The number of aromatic nitrogens is 1. The molecule has 2 aliphatic heterocycles. The van der Waals surface area contributed by atoms with Crippen LogP contribution in [0.5, 0.6) is 0 Å². The molecule has 0 saturated carbocycles. The third-order valence-electron chi connectivity index (χ3n) is 5.33. The van der Waals surface area contributed by atoms with Crippen molar-refractivity contribution in [1.29, 1.82) is 0 Å². The number of oxazole rings is 1. The van der Waals surface area contributed by atoms with Crippen LogP contribution in [0.2, 0.25) is 0 Å². The van der Waals surface area contributed by atoms with Gasteiger partial charge in [0.05, 0.1) is 17.7 Å². The van der Waals surface area contributed by atoms with E-state index < -0.39 is 0 Å². The van der Waals surface area contributed by atoms with Gasteiger partial charge < -0.3 is 19.4 Å². The monoisotopic (exact) mass is 345 g/mol. The molecule has 1 amide bonds. The Morgan fingerprint density at radius 3 is 2.76 bits per heavy atom. The number of rotatable bonds is 3. The molecule has 2 aromatic rings. The number of para-hydroxylation sites is 2. The highest BCUT2D eigenvalue weighted by molar-refractivity contribution is 5.76. The lowest BCUT2D eigenvalue weighted by Crippen LogP contribution is -2.51. The fourth-order valence-corrected chi connectivity index (χ4v) is 3.73. The molecular formula is C18H23N3O4. The SMILES string of the molecule is O=C1CCOC2(CCN(CCn3c(=O)oc4ccccc43)CC2)CN1. The molecule has 25 heavy (non-hydrogen) atoms. The highest BCUT2D eigenvalue weighted by Crippen LogP contribution is 2.27. The number of piperidine rings is 1. The lowest BCUT2D eigenvalue weighted by atomic mass is 9.91. The summed E-state index contributed by atoms with van der Waals surface area (Å²) in [6.07, 6.45) is 2.24. The molecule has 1 aromatic carbocycles. The Bertz CT molecular complexity index is 817. The standard InChI is InChI=1S/C18H23N3O4/c22-16-5-12-24-18(13-19-16)6-8-20(9-7-18)10-11-21-14-3-1-2-4-15(14)25-17(21)23/h1-4H,5-13H2,(H,19,22). The summed E-state index contributed by atoms with van der Waals surface area (Å²) in [5, 5.41) is 2.96. The van der Waals surface area contributed by atoms with Crippen molar-refractivity contribution in [3.63, 3.8) is 0 Å². The third kappa shape index (κ3) is 3.34. The van der Waals surface area contributed by atoms with Gasteiger partial charge >= 0.3 is 5.76 Å². The van der Waals surface area contributed by atoms with E-state index in [1.807, 2.05) is 24.3 Å². The normalized spacial score (nSPS) is 21.4. The molecule has 0 bridgehead atoms. The van der Waals surface area contributed by atoms with Gasteiger partial charge in [-0.05, 0) is 25.0 Å². The van der Waals surface area contributed by atoms with E-state index in [0.29, 0.717) is 31.7 Å². The zero-order valence-corrected chi connectivity index (χ0v) is 14.2. The van der Waals surface area contributed by atoms with Crippen LogP contribution in [0.4, 0.5) is 0 Å². The maximum Gasteiger partial charge on any atom is 0.419 e. The second-order valence-electron chi connectivity index (χ2n) is 6.89. The number of ether oxygens (including phenoxy) is 1. The number of hydrogen-bond donors (Lipinski definition) is 1. The Kier molecular flexibility index (Phi) is 4.35. The second-order valence-corrected chi connectivity index (χ2v) is 6.89. The Hall–Kier alpha value is -2.12. The van der Waals surface area contributed by atoms with Gasteiger partial charge in [0, 0.05) is 39.1 Å². The van der Waals surface area contributed by atoms with Gasteiger partial charge in [0.25, 0.3) is 0 Å². The first-order chi connectivity index (χ1) is 12.2. The van der Waals surface area contributed by atoms with Gasteiger partial charge in [-0.25, -0.2) is 4.79 Å². The van der Waals surface area contributed by atoms with Crippen LogP contribution in [0.15, 0.2) is 33.5 Å². The predicted octanol–water partition coefficient (Wildman–Crippen LogP) is 0.966. The lowest BCUT2D eigenvalue weighted by Gasteiger charge is -2.40. The van der Waals surface area contributed by atoms with Crippen LogP contribution < -0.4 is 11.1 Å². The van der Waals surface area contributed by atoms with E-state index >= 15 is 0 Å². The molecule has 2 fully saturated rings. The number of nitrogens with one attached hydrogen (secondary N) is 1. The van der Waals surface area contributed by atoms with Crippen LogP contribution in [0.1, 0.15) is 19.3 Å². The second kappa shape index (κ2) is 6.65. The minimum Gasteiger partial charge on any atom is -0.408 e. The van der Waals surface area contributed by atoms with E-state index in [-0.39, 0.29) is 17.3 Å². The van der Waals surface area contributed by atoms with E-state index in [1.54, 1.807) is 4.57 Å². The van der Waals surface area contributed by atoms with Crippen LogP contribution >= 0.6 is 0 Å². The fourth-order valence-electron chi connectivity index (χ4n) is 3.73. The summed E-state index contributed by atoms with van der Waals surface area (Å²) in [5.74, 6) is -0.227. The van der Waals surface area contributed by atoms with Crippen LogP contribution in [0.3, 0.4) is 0 Å². The number of amides is 1. The van der Waals surface area contributed by atoms with Crippen LogP contribution in [0.25, 0.3) is 11.1 Å². The zero-order chi connectivity index (χ0) is 17.3. The summed E-state index contributed by atoms with van der Waals surface area (Å²) in [6.45, 7) is 4.32. The van der Waals surface area contributed by atoms with E-state index in [9.17, 15) is 9.59 Å². The summed E-state index contributed by atoms with van der Waals surface area (Å²) in [5.41, 5.74) is 1.26. The lowest BCUT2D eigenvalue weighted by molar-refractivity contribution is -0.120. The van der Waals surface area contributed by atoms with Gasteiger partial charge in [0.2, 0.25) is 5.91 Å². The van der Waals surface area contributed by atoms with Gasteiger partial charge in [-0.2, -0.15) is 0 Å². The predicted molar refractivity (Wildman–Crippen MR) is 92.5 cm³/mol. The van der Waals surface area contributed by atoms with E-state index in [4.69, 9.17) is 9.15 Å². The van der Waals surface area contributed by atoms with Crippen molar-refractivity contribution >= 4 is 17.0 Å². The van der Waals surface area contributed by atoms with Crippen LogP contribution in [-0.4, -0.2) is 53.8 Å². The molecule has 0 atom stereocenters. The summed E-state index contributed by atoms with van der Waals surface area (Å²) in [4.78, 5) is 25.9. The number of benzene rings is 1. The molecule has 134 valence electrons. The Labute approximate surface area is 145 Å². The van der Waals surface area contributed by atoms with Crippen molar-refractivity contribution < 1.29 is 13.9 Å². The smallest absolute Gasteiger partial charge is 0.408 e. The number of carbonyl (C=O) groups excluding carboxylic acids is 1. The van der Waals surface area contributed by atoms with Crippen LogP contribution in [0, 0.1) is 0 Å². The molecule has 1 aromatic heterocycles. The molecule has 4 rings (SSSR count). The minimum atomic E-state index is -0.301. The molecule has 1 N–H and O–H groups in total. The Morgan fingerprint density at radius 2 is 1.92 bits per heavy atom. The summed E-state index contributed by atoms with van der Waals surface area (Å²) < 4.78 is 13.0. The first-order valence-electron chi connectivity index (χ1n) is 8.87. The molecule has 7 heteroatoms. The van der Waals surface area contributed by atoms with Crippen molar-refractivity contribution in [2.75, 3.05) is 32.8 Å². The molecule has 7 nitrogen and oxygen atoms in total. The first-order valence-corrected chi connectivity index (χ1v) is 8.87. The topological polar surface area (TPSA) is 76.7 Å². The van der Waals surface area contributed by atoms with Gasteiger partial charge in [-0.15, -0.1) is 0 Å². The molecule has 3 heterocycles. The maximum absolute atomic E-state index is 12.0. The van der Waals surface area contributed by atoms with Crippen molar-refractivity contribution in [2.24, 2.45) is 0 Å². The van der Waals surface area contributed by atoms with E-state index in [0.717, 1.165) is 38.0 Å². The minimum absolute atomic E-state index is 0.0746. The number of fused-ring (bicyclic) bond motifs is 1. The number of likely N-dealkylation sites (tertiary alicyclic amines) is 1. The Balaban J connectivity index is 1.36. The van der Waals surface area contributed by atoms with Crippen molar-refractivity contribution in [1.82, 2.24) is 14.8 Å². The summed E-state index contributed by atoms with van der Waals surface area (Å²) in [7, 11) is 0. The number of nitrogens with zero attached hydrogens (tertiary/aromatic N) is 2. The Morgan fingerprint density at radius 1 is 1.12 bits per heavy atom. The van der Waals surface area contributed by atoms with Gasteiger partial charge in [0.15, 0.2) is 5.58 Å². The van der Waals surface area contributed by atoms with Gasteiger partial charge in [-0.3, -0.25) is 9.36 Å².